The number of rotatable bonds is 2. The predicted octanol–water partition coefficient (Wildman–Crippen LogP) is 2.61. The monoisotopic (exact) mass is 214 g/mol. The average molecular weight is 214 g/mol. The van der Waals surface area contributed by atoms with Gasteiger partial charge in [-0.1, -0.05) is 6.07 Å². The van der Waals surface area contributed by atoms with Crippen LogP contribution in [0.5, 0.6) is 0 Å². The van der Waals surface area contributed by atoms with E-state index in [4.69, 9.17) is 0 Å². The van der Waals surface area contributed by atoms with Crippen molar-refractivity contribution in [1.82, 2.24) is 9.78 Å². The molecule has 0 N–H and O–H groups in total. The third-order valence-corrected chi connectivity index (χ3v) is 2.63. The van der Waals surface area contributed by atoms with Crippen LogP contribution in [0.4, 0.5) is 0 Å². The van der Waals surface area contributed by atoms with Gasteiger partial charge in [-0.25, -0.2) is 4.68 Å². The second-order valence-corrected chi connectivity index (χ2v) is 4.06. The van der Waals surface area contributed by atoms with Crippen LogP contribution in [0, 0.1) is 20.8 Å². The summed E-state index contributed by atoms with van der Waals surface area (Å²) in [6.07, 6.45) is 2.43. The smallest absolute Gasteiger partial charge is 0.153 e. The van der Waals surface area contributed by atoms with E-state index in [0.29, 0.717) is 5.56 Å². The van der Waals surface area contributed by atoms with Gasteiger partial charge in [-0.2, -0.15) is 5.10 Å². The van der Waals surface area contributed by atoms with E-state index >= 15 is 0 Å². The molecule has 0 aliphatic rings. The van der Waals surface area contributed by atoms with E-state index < -0.39 is 0 Å². The van der Waals surface area contributed by atoms with Gasteiger partial charge in [-0.05, 0) is 44.0 Å². The predicted molar refractivity (Wildman–Crippen MR) is 63.2 cm³/mol. The summed E-state index contributed by atoms with van der Waals surface area (Å²) in [5, 5.41) is 4.22. The Bertz CT molecular complexity index is 521. The number of carbonyl (C=O) groups is 1. The lowest BCUT2D eigenvalue weighted by molar-refractivity contribution is 0.112. The highest BCUT2D eigenvalue weighted by atomic mass is 16.1. The highest BCUT2D eigenvalue weighted by Crippen LogP contribution is 2.16. The molecule has 0 unspecified atom stereocenters. The van der Waals surface area contributed by atoms with Crippen LogP contribution < -0.4 is 0 Å². The molecule has 0 fully saturated rings. The molecule has 0 bridgehead atoms. The quantitative estimate of drug-likeness (QED) is 0.720. The molecular formula is C13H14N2O. The van der Waals surface area contributed by atoms with Gasteiger partial charge in [0, 0.05) is 0 Å². The van der Waals surface area contributed by atoms with Gasteiger partial charge < -0.3 is 0 Å². The lowest BCUT2D eigenvalue weighted by atomic mass is 10.1. The Morgan fingerprint density at radius 2 is 1.75 bits per heavy atom. The Hall–Kier alpha value is -1.90. The molecule has 3 heteroatoms. The second-order valence-electron chi connectivity index (χ2n) is 4.06. The van der Waals surface area contributed by atoms with Gasteiger partial charge in [0.1, 0.15) is 0 Å². The van der Waals surface area contributed by atoms with E-state index in [0.717, 1.165) is 17.7 Å². The van der Waals surface area contributed by atoms with Crippen molar-refractivity contribution in [2.24, 2.45) is 0 Å². The fourth-order valence-corrected chi connectivity index (χ4v) is 1.87. The van der Waals surface area contributed by atoms with Crippen molar-refractivity contribution in [3.05, 3.63) is 46.8 Å². The number of nitrogens with zero attached hydrogens (tertiary/aromatic N) is 2. The first kappa shape index (κ1) is 10.6. The van der Waals surface area contributed by atoms with Crippen LogP contribution in [-0.4, -0.2) is 16.1 Å². The average Bonchev–Trinajstić information content (AvgIpc) is 2.58. The summed E-state index contributed by atoms with van der Waals surface area (Å²) in [5.74, 6) is 0. The van der Waals surface area contributed by atoms with Crippen molar-refractivity contribution >= 4 is 6.29 Å². The van der Waals surface area contributed by atoms with Crippen LogP contribution in [0.2, 0.25) is 0 Å². The highest BCUT2D eigenvalue weighted by molar-refractivity contribution is 5.76. The number of aryl methyl sites for hydroxylation is 2. The van der Waals surface area contributed by atoms with Gasteiger partial charge in [-0.15, -0.1) is 0 Å². The second kappa shape index (κ2) is 3.93. The molecule has 2 aromatic rings. The van der Waals surface area contributed by atoms with E-state index in [1.54, 1.807) is 10.9 Å². The Morgan fingerprint density at radius 3 is 2.25 bits per heavy atom. The van der Waals surface area contributed by atoms with Crippen LogP contribution >= 0.6 is 0 Å². The molecule has 1 heterocycles. The van der Waals surface area contributed by atoms with E-state index in [1.807, 2.05) is 6.92 Å². The number of aldehydes is 1. The van der Waals surface area contributed by atoms with Gasteiger partial charge in [0.05, 0.1) is 23.1 Å². The molecule has 0 saturated heterocycles. The molecule has 82 valence electrons. The van der Waals surface area contributed by atoms with Crippen LogP contribution in [0.15, 0.2) is 24.4 Å². The zero-order chi connectivity index (χ0) is 11.7. The fourth-order valence-electron chi connectivity index (χ4n) is 1.87. The standard InChI is InChI=1S/C13H14N2O/c1-9-4-10(2)6-13(5-9)15-11(3)12(8-16)7-14-15/h4-8H,1-3H3. The van der Waals surface area contributed by atoms with Gasteiger partial charge in [0.2, 0.25) is 0 Å². The lowest BCUT2D eigenvalue weighted by Gasteiger charge is -2.07. The summed E-state index contributed by atoms with van der Waals surface area (Å²) in [6, 6.07) is 6.23. The third-order valence-electron chi connectivity index (χ3n) is 2.63. The molecular weight excluding hydrogens is 200 g/mol. The van der Waals surface area contributed by atoms with Crippen molar-refractivity contribution in [2.45, 2.75) is 20.8 Å². The molecule has 0 radical (unpaired) electrons. The van der Waals surface area contributed by atoms with E-state index in [9.17, 15) is 4.79 Å². The van der Waals surface area contributed by atoms with Crippen LogP contribution in [0.3, 0.4) is 0 Å². The van der Waals surface area contributed by atoms with Gasteiger partial charge in [0.25, 0.3) is 0 Å². The Labute approximate surface area is 94.7 Å². The Kier molecular flexibility index (Phi) is 2.60. The van der Waals surface area contributed by atoms with Crippen molar-refractivity contribution in [3.8, 4) is 5.69 Å². The van der Waals surface area contributed by atoms with Crippen LogP contribution in [-0.2, 0) is 0 Å². The Balaban J connectivity index is 2.58. The zero-order valence-electron chi connectivity index (χ0n) is 9.69. The molecule has 0 saturated carbocycles. The molecule has 0 aliphatic carbocycles. The van der Waals surface area contributed by atoms with Gasteiger partial charge >= 0.3 is 0 Å². The van der Waals surface area contributed by atoms with Crippen LogP contribution in [0.1, 0.15) is 27.2 Å². The molecule has 0 atom stereocenters. The first-order valence-corrected chi connectivity index (χ1v) is 5.20. The minimum absolute atomic E-state index is 0.638. The summed E-state index contributed by atoms with van der Waals surface area (Å²) >= 11 is 0. The van der Waals surface area contributed by atoms with E-state index in [-0.39, 0.29) is 0 Å². The van der Waals surface area contributed by atoms with Crippen molar-refractivity contribution in [2.75, 3.05) is 0 Å². The fraction of sp³-hybridized carbons (Fsp3) is 0.231. The first-order valence-electron chi connectivity index (χ1n) is 5.20. The summed E-state index contributed by atoms with van der Waals surface area (Å²) in [4.78, 5) is 10.8. The minimum atomic E-state index is 0.638. The van der Waals surface area contributed by atoms with Crippen LogP contribution in [0.25, 0.3) is 5.69 Å². The lowest BCUT2D eigenvalue weighted by Crippen LogP contribution is -2.00. The van der Waals surface area contributed by atoms with E-state index in [1.165, 1.54) is 11.1 Å². The molecule has 1 aromatic carbocycles. The number of aromatic nitrogens is 2. The summed E-state index contributed by atoms with van der Waals surface area (Å²) < 4.78 is 1.80. The largest absolute Gasteiger partial charge is 0.298 e. The summed E-state index contributed by atoms with van der Waals surface area (Å²) in [5.41, 5.74) is 4.90. The topological polar surface area (TPSA) is 34.9 Å². The van der Waals surface area contributed by atoms with Crippen molar-refractivity contribution < 1.29 is 4.79 Å². The van der Waals surface area contributed by atoms with Crippen molar-refractivity contribution in [3.63, 3.8) is 0 Å². The SMILES string of the molecule is Cc1cc(C)cc(-n2ncc(C=O)c2C)c1. The maximum absolute atomic E-state index is 10.8. The zero-order valence-corrected chi connectivity index (χ0v) is 9.69. The van der Waals surface area contributed by atoms with Gasteiger partial charge in [0.15, 0.2) is 6.29 Å². The molecule has 3 nitrogen and oxygen atoms in total. The third kappa shape index (κ3) is 1.76. The number of hydrogen-bond acceptors (Lipinski definition) is 2. The summed E-state index contributed by atoms with van der Waals surface area (Å²) in [7, 11) is 0. The molecule has 1 aromatic heterocycles. The number of carbonyl (C=O) groups excluding carboxylic acids is 1. The minimum Gasteiger partial charge on any atom is -0.298 e. The van der Waals surface area contributed by atoms with E-state index in [2.05, 4.69) is 37.1 Å². The van der Waals surface area contributed by atoms with Crippen molar-refractivity contribution in [1.29, 1.82) is 0 Å². The molecule has 0 amide bonds. The summed E-state index contributed by atoms with van der Waals surface area (Å²) in [6.45, 7) is 6.00. The maximum Gasteiger partial charge on any atom is 0.153 e. The first-order chi connectivity index (χ1) is 7.61. The molecule has 0 spiro atoms. The molecule has 16 heavy (non-hydrogen) atoms. The van der Waals surface area contributed by atoms with Gasteiger partial charge in [-0.3, -0.25) is 4.79 Å². The highest BCUT2D eigenvalue weighted by Gasteiger charge is 2.07. The normalized spacial score (nSPS) is 10.4. The molecule has 0 aliphatic heterocycles. The number of benzene rings is 1. The maximum atomic E-state index is 10.8. The molecule has 2 rings (SSSR count). The number of hydrogen-bond donors (Lipinski definition) is 0. The Morgan fingerprint density at radius 1 is 1.12 bits per heavy atom.